The molecule has 0 saturated heterocycles. The van der Waals surface area contributed by atoms with E-state index in [2.05, 4.69) is 43.5 Å². The van der Waals surface area contributed by atoms with Gasteiger partial charge >= 0.3 is 5.97 Å². The van der Waals surface area contributed by atoms with Crippen molar-refractivity contribution in [1.82, 2.24) is 4.23 Å². The summed E-state index contributed by atoms with van der Waals surface area (Å²) in [5.74, 6) is -0.138. The Hall–Kier alpha value is -0.396. The van der Waals surface area contributed by atoms with Gasteiger partial charge in [0, 0.05) is 6.54 Å². The molecule has 0 N–H and O–H groups in total. The smallest absolute Gasteiger partial charge is 0.316 e. The summed E-state index contributed by atoms with van der Waals surface area (Å²) in [7, 11) is -1.18. The topological polar surface area (TPSA) is 29.5 Å². The molecule has 1 atom stereocenters. The first-order valence-electron chi connectivity index (χ1n) is 6.13. The van der Waals surface area contributed by atoms with Gasteiger partial charge in [0.1, 0.15) is 16.5 Å². The summed E-state index contributed by atoms with van der Waals surface area (Å²) in [5.41, 5.74) is 1.25. The van der Waals surface area contributed by atoms with Crippen LogP contribution in [-0.4, -0.2) is 40.3 Å². The molecule has 0 bridgehead atoms. The minimum atomic E-state index is -1.32. The van der Waals surface area contributed by atoms with Crippen LogP contribution in [0.2, 0.25) is 39.3 Å². The lowest BCUT2D eigenvalue weighted by Gasteiger charge is -2.43. The van der Waals surface area contributed by atoms with Crippen molar-refractivity contribution < 1.29 is 9.53 Å². The summed E-state index contributed by atoms with van der Waals surface area (Å²) < 4.78 is 7.46. The van der Waals surface area contributed by atoms with Gasteiger partial charge in [0.25, 0.3) is 0 Å². The zero-order chi connectivity index (χ0) is 13.4. The summed E-state index contributed by atoms with van der Waals surface area (Å²) in [6.07, 6.45) is 2.04. The minimum Gasteiger partial charge on any atom is -0.468 e. The molecule has 0 spiro atoms. The molecule has 0 aliphatic heterocycles. The van der Waals surface area contributed by atoms with Gasteiger partial charge in [0.2, 0.25) is 0 Å². The summed E-state index contributed by atoms with van der Waals surface area (Å²) in [5, 5.41) is 0. The minimum absolute atomic E-state index is 0.0322. The van der Waals surface area contributed by atoms with Crippen LogP contribution in [0, 0.1) is 5.92 Å². The molecule has 98 valence electrons. The second-order valence-corrected chi connectivity index (χ2v) is 16.9. The van der Waals surface area contributed by atoms with E-state index in [1.807, 2.05) is 6.08 Å². The first kappa shape index (κ1) is 14.7. The fourth-order valence-electron chi connectivity index (χ4n) is 2.33. The maximum atomic E-state index is 11.4. The fraction of sp³-hybridized carbons (Fsp3) is 0.750. The molecular formula is C12H25NO2Si2. The number of carbonyl (C=O) groups is 1. The van der Waals surface area contributed by atoms with E-state index in [1.165, 1.54) is 12.7 Å². The number of ether oxygens (including phenoxy) is 1. The first-order chi connectivity index (χ1) is 7.57. The highest BCUT2D eigenvalue weighted by Gasteiger charge is 2.40. The zero-order valence-corrected chi connectivity index (χ0v) is 14.1. The summed E-state index contributed by atoms with van der Waals surface area (Å²) in [6.45, 7) is 15.2. The molecule has 17 heavy (non-hydrogen) atoms. The highest BCUT2D eigenvalue weighted by molar-refractivity contribution is 6.89. The lowest BCUT2D eigenvalue weighted by molar-refractivity contribution is -0.141. The van der Waals surface area contributed by atoms with Crippen LogP contribution in [0.5, 0.6) is 0 Å². The third kappa shape index (κ3) is 3.79. The van der Waals surface area contributed by atoms with Gasteiger partial charge in [-0.25, -0.2) is 0 Å². The number of hydrogen-bond donors (Lipinski definition) is 0. The average Bonchev–Trinajstić information content (AvgIpc) is 2.88. The molecule has 0 saturated carbocycles. The lowest BCUT2D eigenvalue weighted by Crippen LogP contribution is -2.59. The standard InChI is InChI=1S/C12H25NO2Si2/c1-15-12(14)11-8-10(11)9-13(16(2,3)4)17(5,6)7/h8,11H,9H2,1-7H3. The van der Waals surface area contributed by atoms with Crippen molar-refractivity contribution in [2.24, 2.45) is 5.92 Å². The predicted molar refractivity (Wildman–Crippen MR) is 77.0 cm³/mol. The molecule has 0 aromatic rings. The van der Waals surface area contributed by atoms with Crippen molar-refractivity contribution >= 4 is 22.4 Å². The van der Waals surface area contributed by atoms with Crippen LogP contribution in [0.1, 0.15) is 0 Å². The number of rotatable bonds is 5. The van der Waals surface area contributed by atoms with E-state index in [1.54, 1.807) is 0 Å². The average molecular weight is 272 g/mol. The molecule has 1 aliphatic rings. The molecule has 1 unspecified atom stereocenters. The van der Waals surface area contributed by atoms with E-state index in [0.717, 1.165) is 6.54 Å². The molecule has 0 amide bonds. The Morgan fingerprint density at radius 3 is 2.06 bits per heavy atom. The summed E-state index contributed by atoms with van der Waals surface area (Å²) >= 11 is 0. The third-order valence-electron chi connectivity index (χ3n) is 3.09. The summed E-state index contributed by atoms with van der Waals surface area (Å²) in [4.78, 5) is 11.4. The summed E-state index contributed by atoms with van der Waals surface area (Å²) in [6, 6.07) is 0. The quantitative estimate of drug-likeness (QED) is 0.437. The van der Waals surface area contributed by atoms with E-state index in [0.29, 0.717) is 0 Å². The largest absolute Gasteiger partial charge is 0.468 e. The van der Waals surface area contributed by atoms with E-state index in [-0.39, 0.29) is 11.9 Å². The maximum Gasteiger partial charge on any atom is 0.316 e. The van der Waals surface area contributed by atoms with Gasteiger partial charge < -0.3 is 8.97 Å². The normalized spacial score (nSPS) is 20.2. The van der Waals surface area contributed by atoms with Gasteiger partial charge in [-0.05, 0) is 5.57 Å². The van der Waals surface area contributed by atoms with Crippen molar-refractivity contribution in [3.63, 3.8) is 0 Å². The van der Waals surface area contributed by atoms with Crippen LogP contribution in [0.3, 0.4) is 0 Å². The zero-order valence-electron chi connectivity index (χ0n) is 12.1. The van der Waals surface area contributed by atoms with Crippen molar-refractivity contribution in [3.05, 3.63) is 11.6 Å². The van der Waals surface area contributed by atoms with Crippen molar-refractivity contribution in [2.45, 2.75) is 39.3 Å². The Morgan fingerprint density at radius 1 is 1.24 bits per heavy atom. The second kappa shape index (κ2) is 4.70. The second-order valence-electron chi connectivity index (χ2n) is 6.67. The highest BCUT2D eigenvalue weighted by Crippen LogP contribution is 2.33. The maximum absolute atomic E-state index is 11.4. The molecule has 1 aliphatic carbocycles. The molecule has 5 heteroatoms. The van der Waals surface area contributed by atoms with E-state index >= 15 is 0 Å². The molecule has 0 heterocycles. The molecule has 1 rings (SSSR count). The van der Waals surface area contributed by atoms with Gasteiger partial charge in [-0.15, -0.1) is 0 Å². The lowest BCUT2D eigenvalue weighted by atomic mass is 10.3. The van der Waals surface area contributed by atoms with Gasteiger partial charge in [-0.3, -0.25) is 4.79 Å². The molecular weight excluding hydrogens is 246 g/mol. The fourth-order valence-corrected chi connectivity index (χ4v) is 11.7. The van der Waals surface area contributed by atoms with Crippen LogP contribution < -0.4 is 0 Å². The van der Waals surface area contributed by atoms with Gasteiger partial charge in [-0.1, -0.05) is 45.4 Å². The van der Waals surface area contributed by atoms with E-state index in [9.17, 15) is 4.79 Å². The van der Waals surface area contributed by atoms with E-state index < -0.39 is 16.5 Å². The van der Waals surface area contributed by atoms with Gasteiger partial charge in [0.15, 0.2) is 0 Å². The molecule has 3 nitrogen and oxygen atoms in total. The molecule has 0 aromatic heterocycles. The van der Waals surface area contributed by atoms with Crippen LogP contribution in [0.25, 0.3) is 0 Å². The Morgan fingerprint density at radius 2 is 1.71 bits per heavy atom. The number of methoxy groups -OCH3 is 1. The Bertz CT molecular complexity index is 325. The number of hydrogen-bond acceptors (Lipinski definition) is 3. The molecule has 0 aromatic carbocycles. The van der Waals surface area contributed by atoms with Crippen LogP contribution in [0.15, 0.2) is 11.6 Å². The Labute approximate surface area is 107 Å². The highest BCUT2D eigenvalue weighted by atomic mass is 28.4. The van der Waals surface area contributed by atoms with Crippen LogP contribution in [-0.2, 0) is 9.53 Å². The number of esters is 1. The van der Waals surface area contributed by atoms with Crippen molar-refractivity contribution in [1.29, 1.82) is 0 Å². The van der Waals surface area contributed by atoms with Crippen molar-refractivity contribution in [3.8, 4) is 0 Å². The number of carbonyl (C=O) groups excluding carboxylic acids is 1. The third-order valence-corrected chi connectivity index (χ3v) is 10.7. The predicted octanol–water partition coefficient (Wildman–Crippen LogP) is 2.69. The van der Waals surface area contributed by atoms with Gasteiger partial charge in [0.05, 0.1) is 13.0 Å². The first-order valence-corrected chi connectivity index (χ1v) is 13.0. The number of nitrogens with zero attached hydrogens (tertiary/aromatic N) is 1. The van der Waals surface area contributed by atoms with Crippen molar-refractivity contribution in [2.75, 3.05) is 13.7 Å². The monoisotopic (exact) mass is 271 g/mol. The SMILES string of the molecule is COC(=O)C1C=C1CN([Si](C)(C)C)[Si](C)(C)C. The molecule has 0 radical (unpaired) electrons. The van der Waals surface area contributed by atoms with E-state index in [4.69, 9.17) is 4.74 Å². The van der Waals surface area contributed by atoms with Gasteiger partial charge in [-0.2, -0.15) is 0 Å². The van der Waals surface area contributed by atoms with Crippen LogP contribution >= 0.6 is 0 Å². The Kier molecular flexibility index (Phi) is 4.06. The van der Waals surface area contributed by atoms with Crippen LogP contribution in [0.4, 0.5) is 0 Å². The Balaban J connectivity index is 2.66. The molecule has 0 fully saturated rings.